The minimum Gasteiger partial charge on any atom is -0.451 e. The predicted octanol–water partition coefficient (Wildman–Crippen LogP) is 3.73. The van der Waals surface area contributed by atoms with E-state index >= 15 is 0 Å². The number of halogens is 1. The van der Waals surface area contributed by atoms with Crippen LogP contribution in [-0.4, -0.2) is 17.3 Å². The van der Waals surface area contributed by atoms with E-state index in [9.17, 15) is 4.79 Å². The first-order chi connectivity index (χ1) is 8.70. The molecule has 1 atom stereocenters. The largest absolute Gasteiger partial charge is 0.451 e. The molecule has 0 aliphatic carbocycles. The lowest BCUT2D eigenvalue weighted by atomic mass is 10.2. The zero-order valence-corrected chi connectivity index (χ0v) is 11.9. The molecule has 0 saturated heterocycles. The summed E-state index contributed by atoms with van der Waals surface area (Å²) in [6.07, 6.45) is 2.14. The summed E-state index contributed by atoms with van der Waals surface area (Å²) in [5.41, 5.74) is 0.742. The summed E-state index contributed by atoms with van der Waals surface area (Å²) >= 11 is 3.53. The van der Waals surface area contributed by atoms with Gasteiger partial charge in [-0.1, -0.05) is 47.5 Å². The molecule has 1 unspecified atom stereocenters. The van der Waals surface area contributed by atoms with Crippen molar-refractivity contribution in [3.05, 3.63) is 36.1 Å². The minimum atomic E-state index is -0.160. The lowest BCUT2D eigenvalue weighted by Crippen LogP contribution is -2.29. The average Bonchev–Trinajstić information content (AvgIpc) is 2.80. The van der Waals surface area contributed by atoms with Crippen LogP contribution in [0.25, 0.3) is 11.0 Å². The number of alkyl halides is 1. The molecule has 0 aliphatic rings. The molecular weight excluding hydrogens is 294 g/mol. The Kier molecular flexibility index (Phi) is 4.42. The highest BCUT2D eigenvalue weighted by molar-refractivity contribution is 9.09. The van der Waals surface area contributed by atoms with Gasteiger partial charge in [-0.2, -0.15) is 0 Å². The Balaban J connectivity index is 2.00. The number of amides is 1. The third kappa shape index (κ3) is 3.13. The Morgan fingerprint density at radius 3 is 2.94 bits per heavy atom. The summed E-state index contributed by atoms with van der Waals surface area (Å²) in [7, 11) is 0. The lowest BCUT2D eigenvalue weighted by molar-refractivity contribution is 0.0928. The molecule has 3 nitrogen and oxygen atoms in total. The van der Waals surface area contributed by atoms with E-state index in [1.54, 1.807) is 6.07 Å². The topological polar surface area (TPSA) is 42.2 Å². The number of nitrogens with one attached hydrogen (secondary N) is 1. The minimum absolute atomic E-state index is 0.160. The normalized spacial score (nSPS) is 12.6. The van der Waals surface area contributed by atoms with Gasteiger partial charge in [-0.05, 0) is 18.6 Å². The van der Waals surface area contributed by atoms with Crippen molar-refractivity contribution in [1.29, 1.82) is 0 Å². The van der Waals surface area contributed by atoms with Gasteiger partial charge in [0.2, 0.25) is 0 Å². The van der Waals surface area contributed by atoms with E-state index in [0.717, 1.165) is 23.8 Å². The van der Waals surface area contributed by atoms with Crippen LogP contribution in [0.1, 0.15) is 30.3 Å². The molecule has 0 radical (unpaired) electrons. The van der Waals surface area contributed by atoms with E-state index in [1.165, 1.54) is 0 Å². The van der Waals surface area contributed by atoms with Gasteiger partial charge in [0.1, 0.15) is 5.58 Å². The van der Waals surface area contributed by atoms with Crippen LogP contribution >= 0.6 is 15.9 Å². The van der Waals surface area contributed by atoms with Crippen molar-refractivity contribution in [1.82, 2.24) is 5.32 Å². The van der Waals surface area contributed by atoms with Crippen molar-refractivity contribution in [2.75, 3.05) is 6.54 Å². The molecule has 1 N–H and O–H groups in total. The van der Waals surface area contributed by atoms with Crippen molar-refractivity contribution < 1.29 is 9.21 Å². The Morgan fingerprint density at radius 1 is 1.44 bits per heavy atom. The number of fused-ring (bicyclic) bond motifs is 1. The lowest BCUT2D eigenvalue weighted by Gasteiger charge is -2.08. The van der Waals surface area contributed by atoms with E-state index in [2.05, 4.69) is 28.2 Å². The summed E-state index contributed by atoms with van der Waals surface area (Å²) in [5.74, 6) is 0.208. The van der Waals surface area contributed by atoms with Crippen molar-refractivity contribution in [3.63, 3.8) is 0 Å². The van der Waals surface area contributed by atoms with Crippen LogP contribution in [0.3, 0.4) is 0 Å². The monoisotopic (exact) mass is 309 g/mol. The number of rotatable bonds is 5. The number of carbonyl (C=O) groups excluding carboxylic acids is 1. The van der Waals surface area contributed by atoms with Gasteiger partial charge in [0.25, 0.3) is 5.91 Å². The summed E-state index contributed by atoms with van der Waals surface area (Å²) < 4.78 is 5.49. The van der Waals surface area contributed by atoms with Crippen LogP contribution in [0.2, 0.25) is 0 Å². The number of benzene rings is 1. The maximum absolute atomic E-state index is 11.9. The fraction of sp³-hybridized carbons (Fsp3) is 0.357. The van der Waals surface area contributed by atoms with Crippen molar-refractivity contribution in [3.8, 4) is 0 Å². The van der Waals surface area contributed by atoms with Gasteiger partial charge < -0.3 is 9.73 Å². The first-order valence-electron chi connectivity index (χ1n) is 6.11. The van der Waals surface area contributed by atoms with Crippen LogP contribution in [0.15, 0.2) is 34.7 Å². The number of para-hydroxylation sites is 1. The van der Waals surface area contributed by atoms with E-state index < -0.39 is 0 Å². The second kappa shape index (κ2) is 6.05. The number of hydrogen-bond donors (Lipinski definition) is 1. The molecular formula is C14H16BrNO2. The van der Waals surface area contributed by atoms with Gasteiger partial charge >= 0.3 is 0 Å². The molecule has 96 valence electrons. The van der Waals surface area contributed by atoms with Crippen LogP contribution in [-0.2, 0) is 0 Å². The molecule has 4 heteroatoms. The van der Waals surface area contributed by atoms with Gasteiger partial charge in [0, 0.05) is 16.8 Å². The Bertz CT molecular complexity index is 502. The van der Waals surface area contributed by atoms with Crippen LogP contribution in [0, 0.1) is 0 Å². The molecule has 2 rings (SSSR count). The van der Waals surface area contributed by atoms with Gasteiger partial charge in [-0.3, -0.25) is 4.79 Å². The Morgan fingerprint density at radius 2 is 2.22 bits per heavy atom. The molecule has 0 saturated carbocycles. The first kappa shape index (κ1) is 13.1. The van der Waals surface area contributed by atoms with Crippen molar-refractivity contribution in [2.24, 2.45) is 0 Å². The zero-order valence-electron chi connectivity index (χ0n) is 10.3. The van der Waals surface area contributed by atoms with Crippen LogP contribution in [0.4, 0.5) is 0 Å². The molecule has 0 aliphatic heterocycles. The third-order valence-corrected chi connectivity index (χ3v) is 3.52. The van der Waals surface area contributed by atoms with Gasteiger partial charge in [0.15, 0.2) is 5.76 Å². The van der Waals surface area contributed by atoms with Crippen molar-refractivity contribution >= 4 is 32.8 Å². The maximum Gasteiger partial charge on any atom is 0.287 e. The van der Waals surface area contributed by atoms with E-state index in [0.29, 0.717) is 17.1 Å². The molecule has 18 heavy (non-hydrogen) atoms. The highest BCUT2D eigenvalue weighted by Crippen LogP contribution is 2.18. The molecule has 2 aromatic rings. The van der Waals surface area contributed by atoms with Gasteiger partial charge in [-0.15, -0.1) is 0 Å². The smallest absolute Gasteiger partial charge is 0.287 e. The summed E-state index contributed by atoms with van der Waals surface area (Å²) in [6.45, 7) is 2.74. The Hall–Kier alpha value is -1.29. The predicted molar refractivity (Wildman–Crippen MR) is 76.2 cm³/mol. The fourth-order valence-corrected chi connectivity index (χ4v) is 2.42. The Labute approximate surface area is 115 Å². The van der Waals surface area contributed by atoms with Crippen molar-refractivity contribution in [2.45, 2.75) is 24.6 Å². The molecule has 0 fully saturated rings. The van der Waals surface area contributed by atoms with E-state index in [-0.39, 0.29) is 5.91 Å². The van der Waals surface area contributed by atoms with E-state index in [1.807, 2.05) is 24.3 Å². The van der Waals surface area contributed by atoms with Gasteiger partial charge in [0.05, 0.1) is 0 Å². The maximum atomic E-state index is 11.9. The second-order valence-corrected chi connectivity index (χ2v) is 5.54. The summed E-state index contributed by atoms with van der Waals surface area (Å²) in [5, 5.41) is 3.82. The summed E-state index contributed by atoms with van der Waals surface area (Å²) in [4.78, 5) is 12.2. The summed E-state index contributed by atoms with van der Waals surface area (Å²) in [6, 6.07) is 9.38. The SMILES string of the molecule is CCCC(Br)CNC(=O)c1cc2ccccc2o1. The van der Waals surface area contributed by atoms with E-state index in [4.69, 9.17) is 4.42 Å². The molecule has 0 spiro atoms. The molecule has 1 aromatic carbocycles. The molecule has 1 amide bonds. The number of carbonyl (C=O) groups is 1. The highest BCUT2D eigenvalue weighted by atomic mass is 79.9. The van der Waals surface area contributed by atoms with Gasteiger partial charge in [-0.25, -0.2) is 0 Å². The third-order valence-electron chi connectivity index (χ3n) is 2.74. The number of furan rings is 1. The second-order valence-electron chi connectivity index (χ2n) is 4.24. The average molecular weight is 310 g/mol. The fourth-order valence-electron chi connectivity index (χ4n) is 1.80. The zero-order chi connectivity index (χ0) is 13.0. The van der Waals surface area contributed by atoms with Crippen LogP contribution in [0.5, 0.6) is 0 Å². The first-order valence-corrected chi connectivity index (χ1v) is 7.03. The number of hydrogen-bond acceptors (Lipinski definition) is 2. The molecule has 0 bridgehead atoms. The standard InChI is InChI=1S/C14H16BrNO2/c1-2-5-11(15)9-16-14(17)13-8-10-6-3-4-7-12(10)18-13/h3-4,6-8,11H,2,5,9H2,1H3,(H,16,17). The molecule has 1 aromatic heterocycles. The van der Waals surface area contributed by atoms with Crippen LogP contribution < -0.4 is 5.32 Å². The molecule has 1 heterocycles. The quantitative estimate of drug-likeness (QED) is 0.855. The highest BCUT2D eigenvalue weighted by Gasteiger charge is 2.12.